The quantitative estimate of drug-likeness (QED) is 0.796. The number of benzene rings is 1. The first-order valence-electron chi connectivity index (χ1n) is 5.11. The normalized spacial score (nSPS) is 13.2. The third-order valence-electron chi connectivity index (χ3n) is 2.46. The van der Waals surface area contributed by atoms with E-state index < -0.39 is 0 Å². The molecule has 1 N–H and O–H groups in total. The standard InChI is InChI=1S/C12H17FOS/c1-8(2)9(3)15-12-10(7-14)5-4-6-11(12)13/h4-6,8-9,14H,7H2,1-3H3. The van der Waals surface area contributed by atoms with Crippen LogP contribution < -0.4 is 0 Å². The molecule has 1 nitrogen and oxygen atoms in total. The summed E-state index contributed by atoms with van der Waals surface area (Å²) >= 11 is 1.49. The summed E-state index contributed by atoms with van der Waals surface area (Å²) in [5.41, 5.74) is 0.674. The Morgan fingerprint density at radius 2 is 2.00 bits per heavy atom. The zero-order valence-electron chi connectivity index (χ0n) is 9.33. The summed E-state index contributed by atoms with van der Waals surface area (Å²) in [5, 5.41) is 9.45. The molecule has 0 amide bonds. The van der Waals surface area contributed by atoms with Gasteiger partial charge in [0.25, 0.3) is 0 Å². The maximum absolute atomic E-state index is 13.5. The van der Waals surface area contributed by atoms with Gasteiger partial charge < -0.3 is 5.11 Å². The third kappa shape index (κ3) is 3.21. The highest BCUT2D eigenvalue weighted by Gasteiger charge is 2.14. The maximum Gasteiger partial charge on any atom is 0.137 e. The van der Waals surface area contributed by atoms with E-state index in [9.17, 15) is 4.39 Å². The number of hydrogen-bond acceptors (Lipinski definition) is 2. The minimum absolute atomic E-state index is 0.106. The second kappa shape index (κ2) is 5.52. The van der Waals surface area contributed by atoms with Crippen LogP contribution in [0.15, 0.2) is 23.1 Å². The van der Waals surface area contributed by atoms with E-state index in [1.165, 1.54) is 17.8 Å². The number of hydrogen-bond donors (Lipinski definition) is 1. The molecule has 0 spiro atoms. The van der Waals surface area contributed by atoms with Crippen LogP contribution in [0, 0.1) is 11.7 Å². The van der Waals surface area contributed by atoms with Gasteiger partial charge in [-0.15, -0.1) is 11.8 Å². The van der Waals surface area contributed by atoms with Gasteiger partial charge in [0.1, 0.15) is 5.82 Å². The molecule has 0 heterocycles. The van der Waals surface area contributed by atoms with Crippen molar-refractivity contribution >= 4 is 11.8 Å². The fraction of sp³-hybridized carbons (Fsp3) is 0.500. The highest BCUT2D eigenvalue weighted by molar-refractivity contribution is 8.00. The molecule has 15 heavy (non-hydrogen) atoms. The smallest absolute Gasteiger partial charge is 0.137 e. The Labute approximate surface area is 94.7 Å². The lowest BCUT2D eigenvalue weighted by Gasteiger charge is -2.17. The van der Waals surface area contributed by atoms with Crippen molar-refractivity contribution in [3.8, 4) is 0 Å². The number of halogens is 1. The van der Waals surface area contributed by atoms with E-state index in [1.54, 1.807) is 12.1 Å². The average Bonchev–Trinajstić information content (AvgIpc) is 2.20. The monoisotopic (exact) mass is 228 g/mol. The van der Waals surface area contributed by atoms with Gasteiger partial charge in [-0.2, -0.15) is 0 Å². The van der Waals surface area contributed by atoms with Crippen LogP contribution in [-0.4, -0.2) is 10.4 Å². The summed E-state index contributed by atoms with van der Waals surface area (Å²) in [7, 11) is 0. The molecule has 1 atom stereocenters. The van der Waals surface area contributed by atoms with Crippen molar-refractivity contribution in [2.24, 2.45) is 5.92 Å². The van der Waals surface area contributed by atoms with Crippen molar-refractivity contribution in [2.75, 3.05) is 0 Å². The number of aliphatic hydroxyl groups is 1. The highest BCUT2D eigenvalue weighted by atomic mass is 32.2. The largest absolute Gasteiger partial charge is 0.392 e. The van der Waals surface area contributed by atoms with Gasteiger partial charge in [-0.1, -0.05) is 32.9 Å². The van der Waals surface area contributed by atoms with E-state index in [0.29, 0.717) is 21.6 Å². The first-order valence-corrected chi connectivity index (χ1v) is 5.99. The fourth-order valence-corrected chi connectivity index (χ4v) is 2.24. The predicted molar refractivity (Wildman–Crippen MR) is 62.5 cm³/mol. The van der Waals surface area contributed by atoms with Crippen LogP contribution in [0.25, 0.3) is 0 Å². The molecule has 1 aromatic carbocycles. The molecular weight excluding hydrogens is 211 g/mol. The van der Waals surface area contributed by atoms with Gasteiger partial charge in [0.05, 0.1) is 6.61 Å². The molecule has 3 heteroatoms. The van der Waals surface area contributed by atoms with Crippen LogP contribution in [0.5, 0.6) is 0 Å². The maximum atomic E-state index is 13.5. The molecular formula is C12H17FOS. The van der Waals surface area contributed by atoms with Crippen LogP contribution >= 0.6 is 11.8 Å². The van der Waals surface area contributed by atoms with Crippen molar-refractivity contribution in [1.29, 1.82) is 0 Å². The summed E-state index contributed by atoms with van der Waals surface area (Å²) in [6.07, 6.45) is 0. The molecule has 1 unspecified atom stereocenters. The van der Waals surface area contributed by atoms with Crippen LogP contribution in [0.2, 0.25) is 0 Å². The lowest BCUT2D eigenvalue weighted by atomic mass is 10.2. The Kier molecular flexibility index (Phi) is 4.61. The molecule has 0 aliphatic rings. The van der Waals surface area contributed by atoms with Crippen molar-refractivity contribution in [3.05, 3.63) is 29.6 Å². The minimum Gasteiger partial charge on any atom is -0.392 e. The average molecular weight is 228 g/mol. The molecule has 0 fully saturated rings. The van der Waals surface area contributed by atoms with Gasteiger partial charge in [0, 0.05) is 10.1 Å². The first kappa shape index (κ1) is 12.5. The minimum atomic E-state index is -0.237. The van der Waals surface area contributed by atoms with E-state index in [0.717, 1.165) is 0 Å². The zero-order valence-corrected chi connectivity index (χ0v) is 10.1. The summed E-state index contributed by atoms with van der Waals surface area (Å²) in [6.45, 7) is 6.18. The van der Waals surface area contributed by atoms with Gasteiger partial charge in [-0.05, 0) is 17.5 Å². The summed E-state index contributed by atoms with van der Waals surface area (Å²) in [5.74, 6) is 0.250. The second-order valence-corrected chi connectivity index (χ2v) is 5.34. The Morgan fingerprint density at radius 1 is 1.33 bits per heavy atom. The molecule has 0 bridgehead atoms. The van der Waals surface area contributed by atoms with Crippen molar-refractivity contribution in [2.45, 2.75) is 37.5 Å². The molecule has 0 radical (unpaired) electrons. The highest BCUT2D eigenvalue weighted by Crippen LogP contribution is 2.32. The summed E-state index contributed by atoms with van der Waals surface area (Å²) in [6, 6.07) is 4.83. The summed E-state index contributed by atoms with van der Waals surface area (Å²) in [4.78, 5) is 0.584. The molecule has 84 valence electrons. The molecule has 1 aromatic rings. The van der Waals surface area contributed by atoms with Crippen LogP contribution in [-0.2, 0) is 6.61 Å². The van der Waals surface area contributed by atoms with Crippen LogP contribution in [0.4, 0.5) is 4.39 Å². The molecule has 0 saturated carbocycles. The Balaban J connectivity index is 2.92. The number of rotatable bonds is 4. The van der Waals surface area contributed by atoms with E-state index in [2.05, 4.69) is 20.8 Å². The van der Waals surface area contributed by atoms with Crippen LogP contribution in [0.3, 0.4) is 0 Å². The lowest BCUT2D eigenvalue weighted by molar-refractivity contribution is 0.277. The Morgan fingerprint density at radius 3 is 2.53 bits per heavy atom. The molecule has 0 aliphatic heterocycles. The van der Waals surface area contributed by atoms with Crippen molar-refractivity contribution in [1.82, 2.24) is 0 Å². The predicted octanol–water partition coefficient (Wildman–Crippen LogP) is 3.45. The lowest BCUT2D eigenvalue weighted by Crippen LogP contribution is -2.07. The fourth-order valence-electron chi connectivity index (χ4n) is 1.13. The van der Waals surface area contributed by atoms with E-state index in [4.69, 9.17) is 5.11 Å². The second-order valence-electron chi connectivity index (χ2n) is 3.95. The Bertz CT molecular complexity index is 325. The Hall–Kier alpha value is -0.540. The van der Waals surface area contributed by atoms with E-state index in [1.807, 2.05) is 0 Å². The van der Waals surface area contributed by atoms with E-state index >= 15 is 0 Å². The zero-order chi connectivity index (χ0) is 11.4. The van der Waals surface area contributed by atoms with Gasteiger partial charge in [0.2, 0.25) is 0 Å². The summed E-state index contributed by atoms with van der Waals surface area (Å²) < 4.78 is 13.5. The van der Waals surface area contributed by atoms with Gasteiger partial charge in [-0.25, -0.2) is 4.39 Å². The topological polar surface area (TPSA) is 20.2 Å². The molecule has 1 rings (SSSR count). The molecule has 0 saturated heterocycles. The van der Waals surface area contributed by atoms with E-state index in [-0.39, 0.29) is 12.4 Å². The van der Waals surface area contributed by atoms with Gasteiger partial charge >= 0.3 is 0 Å². The molecule has 0 aliphatic carbocycles. The SMILES string of the molecule is CC(C)C(C)Sc1c(F)cccc1CO. The van der Waals surface area contributed by atoms with Crippen molar-refractivity contribution in [3.63, 3.8) is 0 Å². The van der Waals surface area contributed by atoms with Gasteiger partial charge in [0.15, 0.2) is 0 Å². The third-order valence-corrected chi connectivity index (χ3v) is 4.07. The molecule has 0 aromatic heterocycles. The van der Waals surface area contributed by atoms with Crippen LogP contribution in [0.1, 0.15) is 26.3 Å². The number of thioether (sulfide) groups is 1. The number of aliphatic hydroxyl groups excluding tert-OH is 1. The van der Waals surface area contributed by atoms with Crippen molar-refractivity contribution < 1.29 is 9.50 Å². The first-order chi connectivity index (χ1) is 7.06. The van der Waals surface area contributed by atoms with Gasteiger partial charge in [-0.3, -0.25) is 0 Å².